The molecule has 0 unspecified atom stereocenters. The molecule has 0 aliphatic carbocycles. The van der Waals surface area contributed by atoms with Crippen molar-refractivity contribution >= 4 is 20.9 Å². The summed E-state index contributed by atoms with van der Waals surface area (Å²) in [6.45, 7) is 5.69. The van der Waals surface area contributed by atoms with Crippen molar-refractivity contribution in [3.63, 3.8) is 0 Å². The van der Waals surface area contributed by atoms with Gasteiger partial charge in [0, 0.05) is 0 Å². The van der Waals surface area contributed by atoms with Crippen molar-refractivity contribution in [1.29, 1.82) is 5.26 Å². The molecular weight excluding hydrogens is 305 g/mol. The molecule has 1 aromatic carbocycles. The fourth-order valence-corrected chi connectivity index (χ4v) is 2.25. The Morgan fingerprint density at radius 3 is 2.50 bits per heavy atom. The minimum absolute atomic E-state index is 0.513. The molecule has 2 rings (SSSR count). The molecule has 0 saturated carbocycles. The van der Waals surface area contributed by atoms with Crippen LogP contribution in [0.1, 0.15) is 34.6 Å². The van der Waals surface area contributed by atoms with E-state index in [1.54, 1.807) is 18.3 Å². The monoisotopic (exact) mass is 325 g/mol. The topological polar surface area (TPSA) is 36.7 Å². The first kappa shape index (κ1) is 12.2. The van der Waals surface area contributed by atoms with E-state index in [2.05, 4.69) is 11.1 Å². The Morgan fingerprint density at radius 2 is 1.95 bits per heavy atom. The van der Waals surface area contributed by atoms with Crippen molar-refractivity contribution in [2.75, 3.05) is 0 Å². The van der Waals surface area contributed by atoms with E-state index in [0.29, 0.717) is 11.1 Å². The molecule has 1 aromatic heterocycles. The van der Waals surface area contributed by atoms with E-state index < -0.39 is 11.8 Å². The van der Waals surface area contributed by atoms with Crippen LogP contribution in [0.4, 0.5) is 0 Å². The summed E-state index contributed by atoms with van der Waals surface area (Å²) in [6.07, 6.45) is 0.258. The van der Waals surface area contributed by atoms with Crippen molar-refractivity contribution in [2.24, 2.45) is 5.41 Å². The first-order chi connectivity index (χ1) is 10.2. The van der Waals surface area contributed by atoms with Gasteiger partial charge in [0.05, 0.1) is 0 Å². The van der Waals surface area contributed by atoms with Gasteiger partial charge in [0.1, 0.15) is 0 Å². The quantitative estimate of drug-likeness (QED) is 0.797. The van der Waals surface area contributed by atoms with E-state index in [0.717, 1.165) is 15.7 Å². The molecule has 0 bridgehead atoms. The molecule has 1 heterocycles. The Morgan fingerprint density at radius 1 is 1.30 bits per heavy atom. The minimum atomic E-state index is -1.46. The standard InChI is InChI=1S/C17H17GeN2/c1-17(2,3)9-14-8-16(20-11-15(14)18)13-6-4-12(10-19)5-7-13/h4-8,11H,9H2,1-3H3/i9D2. The summed E-state index contributed by atoms with van der Waals surface area (Å²) in [7, 11) is 0. The number of pyridine rings is 1. The van der Waals surface area contributed by atoms with Crippen molar-refractivity contribution in [3.05, 3.63) is 47.7 Å². The molecule has 0 fully saturated rings. The summed E-state index contributed by atoms with van der Waals surface area (Å²) in [5.41, 5.74) is 2.35. The van der Waals surface area contributed by atoms with Crippen LogP contribution in [-0.4, -0.2) is 21.5 Å². The van der Waals surface area contributed by atoms with Crippen LogP contribution < -0.4 is 4.40 Å². The SMILES string of the molecule is [2H]C([2H])(c1cc(-c2ccc(C#N)cc2)nc[c]1[Ge])C(C)(C)C. The second-order valence-corrected chi connectivity index (χ2v) is 6.81. The summed E-state index contributed by atoms with van der Waals surface area (Å²) in [5, 5.41) is 8.86. The van der Waals surface area contributed by atoms with Crippen LogP contribution in [0.25, 0.3) is 11.3 Å². The van der Waals surface area contributed by atoms with Crippen molar-refractivity contribution < 1.29 is 2.74 Å². The second kappa shape index (κ2) is 5.80. The maximum atomic E-state index is 8.86. The molecule has 0 aliphatic heterocycles. The fraction of sp³-hybridized carbons (Fsp3) is 0.294. The van der Waals surface area contributed by atoms with E-state index >= 15 is 0 Å². The van der Waals surface area contributed by atoms with Gasteiger partial charge in [0.15, 0.2) is 0 Å². The van der Waals surface area contributed by atoms with Crippen LogP contribution in [0.3, 0.4) is 0 Å². The van der Waals surface area contributed by atoms with Crippen molar-refractivity contribution in [2.45, 2.75) is 27.1 Å². The Labute approximate surface area is 131 Å². The molecule has 0 spiro atoms. The van der Waals surface area contributed by atoms with E-state index in [1.807, 2.05) is 55.5 Å². The molecule has 2 nitrogen and oxygen atoms in total. The van der Waals surface area contributed by atoms with Gasteiger partial charge in [-0.05, 0) is 0 Å². The number of benzene rings is 1. The Kier molecular flexibility index (Phi) is 3.53. The first-order valence-corrected chi connectivity index (χ1v) is 7.44. The van der Waals surface area contributed by atoms with Gasteiger partial charge >= 0.3 is 131 Å². The predicted molar refractivity (Wildman–Crippen MR) is 82.9 cm³/mol. The van der Waals surface area contributed by atoms with Crippen molar-refractivity contribution in [1.82, 2.24) is 4.98 Å². The van der Waals surface area contributed by atoms with Crippen LogP contribution in [0.5, 0.6) is 0 Å². The Bertz CT molecular complexity index is 726. The van der Waals surface area contributed by atoms with Gasteiger partial charge in [-0.15, -0.1) is 0 Å². The molecule has 20 heavy (non-hydrogen) atoms. The number of rotatable bonds is 2. The van der Waals surface area contributed by atoms with Gasteiger partial charge in [0.2, 0.25) is 0 Å². The van der Waals surface area contributed by atoms with Crippen LogP contribution in [0, 0.1) is 16.7 Å². The van der Waals surface area contributed by atoms with Crippen molar-refractivity contribution in [3.8, 4) is 17.3 Å². The fourth-order valence-electron chi connectivity index (χ4n) is 1.84. The maximum absolute atomic E-state index is 8.86. The van der Waals surface area contributed by atoms with Gasteiger partial charge in [0.25, 0.3) is 0 Å². The van der Waals surface area contributed by atoms with Gasteiger partial charge in [-0.1, -0.05) is 0 Å². The third kappa shape index (κ3) is 3.71. The average Bonchev–Trinajstić information content (AvgIpc) is 2.46. The number of hydrogen-bond acceptors (Lipinski definition) is 2. The van der Waals surface area contributed by atoms with E-state index in [4.69, 9.17) is 8.00 Å². The number of nitriles is 1. The number of nitrogens with zero attached hydrogens (tertiary/aromatic N) is 2. The first-order valence-electron chi connectivity index (χ1n) is 7.39. The van der Waals surface area contributed by atoms with E-state index in [-0.39, 0.29) is 0 Å². The summed E-state index contributed by atoms with van der Waals surface area (Å²) >= 11 is 1.88. The van der Waals surface area contributed by atoms with Crippen LogP contribution in [0.15, 0.2) is 36.5 Å². The Hall–Kier alpha value is -1.60. The zero-order chi connectivity index (χ0) is 16.5. The third-order valence-electron chi connectivity index (χ3n) is 2.72. The summed E-state index contributed by atoms with van der Waals surface area (Å²) in [6, 6.07) is 11.1. The zero-order valence-corrected chi connectivity index (χ0v) is 14.0. The normalized spacial score (nSPS) is 13.3. The van der Waals surface area contributed by atoms with Crippen LogP contribution in [-0.2, 0) is 6.37 Å². The van der Waals surface area contributed by atoms with Gasteiger partial charge in [-0.2, -0.15) is 0 Å². The summed E-state index contributed by atoms with van der Waals surface area (Å²) in [5.74, 6) is 0. The summed E-state index contributed by atoms with van der Waals surface area (Å²) < 4.78 is 17.8. The van der Waals surface area contributed by atoms with E-state index in [1.165, 1.54) is 0 Å². The Balaban J connectivity index is 2.53. The van der Waals surface area contributed by atoms with Gasteiger partial charge in [-0.3, -0.25) is 0 Å². The molecule has 0 aliphatic rings. The van der Waals surface area contributed by atoms with Crippen LogP contribution in [0.2, 0.25) is 0 Å². The second-order valence-electron chi connectivity index (χ2n) is 5.68. The molecule has 3 radical (unpaired) electrons. The molecule has 2 aromatic rings. The molecule has 0 saturated heterocycles. The molecular formula is C17H17GeN2. The van der Waals surface area contributed by atoms with Gasteiger partial charge < -0.3 is 0 Å². The zero-order valence-electron chi connectivity index (χ0n) is 13.9. The molecule has 0 amide bonds. The average molecular weight is 324 g/mol. The number of aromatic nitrogens is 1. The van der Waals surface area contributed by atoms with Crippen LogP contribution >= 0.6 is 0 Å². The van der Waals surface area contributed by atoms with E-state index in [9.17, 15) is 0 Å². The summed E-state index contributed by atoms with van der Waals surface area (Å²) in [4.78, 5) is 4.41. The molecule has 0 atom stereocenters. The third-order valence-corrected chi connectivity index (χ3v) is 3.56. The molecule has 99 valence electrons. The number of hydrogen-bond donors (Lipinski definition) is 0. The molecule has 3 heteroatoms. The predicted octanol–water partition coefficient (Wildman–Crippen LogP) is 3.00. The van der Waals surface area contributed by atoms with Gasteiger partial charge in [-0.25, -0.2) is 0 Å². The molecule has 0 N–H and O–H groups in total.